The van der Waals surface area contributed by atoms with E-state index in [4.69, 9.17) is 0 Å². The molecule has 2 heterocycles. The van der Waals surface area contributed by atoms with Crippen LogP contribution in [0.4, 0.5) is 11.5 Å². The third kappa shape index (κ3) is 5.30. The van der Waals surface area contributed by atoms with E-state index in [0.717, 1.165) is 11.1 Å². The quantitative estimate of drug-likeness (QED) is 0.319. The van der Waals surface area contributed by atoms with Crippen molar-refractivity contribution in [3.63, 3.8) is 0 Å². The Hall–Kier alpha value is -4.25. The number of amides is 1. The number of phenolic OH excluding ortho intramolecular Hbond substituents is 1. The van der Waals surface area contributed by atoms with Gasteiger partial charge in [0.15, 0.2) is 0 Å². The minimum Gasteiger partial charge on any atom is -0.507 e. The molecule has 35 heavy (non-hydrogen) atoms. The molecule has 0 aliphatic rings. The molecule has 0 saturated heterocycles. The maximum Gasteiger partial charge on any atom is 0.273 e. The summed E-state index contributed by atoms with van der Waals surface area (Å²) in [4.78, 5) is 20.9. The number of benzene rings is 2. The molecule has 4 N–H and O–H groups in total. The number of hydrogen-bond acceptors (Lipinski definition) is 7. The van der Waals surface area contributed by atoms with Crippen LogP contribution in [0.25, 0.3) is 11.3 Å². The van der Waals surface area contributed by atoms with E-state index in [1.165, 1.54) is 30.3 Å². The number of nitrogens with zero attached hydrogens (tertiary/aromatic N) is 3. The number of nitrogens with one attached hydrogen (secondary N) is 3. The molecule has 0 aliphatic carbocycles. The molecule has 1 amide bonds. The van der Waals surface area contributed by atoms with Gasteiger partial charge in [-0.05, 0) is 75.2 Å². The number of anilines is 2. The van der Waals surface area contributed by atoms with E-state index in [-0.39, 0.29) is 22.2 Å². The number of H-pyrrole nitrogens is 1. The second kappa shape index (κ2) is 9.18. The van der Waals surface area contributed by atoms with Gasteiger partial charge in [0, 0.05) is 23.0 Å². The van der Waals surface area contributed by atoms with E-state index in [1.807, 2.05) is 19.9 Å². The predicted molar refractivity (Wildman–Crippen MR) is 132 cm³/mol. The molecule has 0 aliphatic heterocycles. The van der Waals surface area contributed by atoms with Gasteiger partial charge in [0.2, 0.25) is 0 Å². The average molecular weight is 493 g/mol. The number of aryl methyl sites for hydroxylation is 4. The second-order valence-electron chi connectivity index (χ2n) is 8.17. The first-order valence-electron chi connectivity index (χ1n) is 10.6. The zero-order chi connectivity index (χ0) is 25.3. The summed E-state index contributed by atoms with van der Waals surface area (Å²) in [5, 5.41) is 19.8. The number of carbonyl (C=O) groups excluding carboxylic acids is 1. The number of sulfonamides is 1. The molecule has 11 heteroatoms. The van der Waals surface area contributed by atoms with Crippen LogP contribution in [-0.2, 0) is 10.0 Å². The lowest BCUT2D eigenvalue weighted by Crippen LogP contribution is -2.15. The highest BCUT2D eigenvalue weighted by Crippen LogP contribution is 2.32. The van der Waals surface area contributed by atoms with E-state index in [2.05, 4.69) is 30.2 Å². The van der Waals surface area contributed by atoms with E-state index in [9.17, 15) is 18.3 Å². The SMILES string of the molecule is Cc1cc(C)c(-c2cc(C(=O)Nc3ccc(S(=O)(=O)Nc4cc(C)nc(C)n4)cc3)[nH]n2)c(O)c1. The fourth-order valence-electron chi connectivity index (χ4n) is 3.73. The largest absolute Gasteiger partial charge is 0.507 e. The molecule has 0 fully saturated rings. The van der Waals surface area contributed by atoms with Gasteiger partial charge in [0.25, 0.3) is 15.9 Å². The Morgan fingerprint density at radius 3 is 2.34 bits per heavy atom. The van der Waals surface area contributed by atoms with Crippen LogP contribution < -0.4 is 10.0 Å². The fourth-order valence-corrected chi connectivity index (χ4v) is 4.72. The highest BCUT2D eigenvalue weighted by Gasteiger charge is 2.18. The Morgan fingerprint density at radius 2 is 1.69 bits per heavy atom. The van der Waals surface area contributed by atoms with Crippen LogP contribution in [0, 0.1) is 27.7 Å². The minimum absolute atomic E-state index is 0.0126. The molecule has 0 bridgehead atoms. The van der Waals surface area contributed by atoms with Gasteiger partial charge in [-0.3, -0.25) is 14.6 Å². The number of aromatic hydroxyl groups is 1. The Bertz CT molecular complexity index is 1480. The Labute approximate surface area is 202 Å². The predicted octanol–water partition coefficient (Wildman–Crippen LogP) is 3.86. The molecule has 4 aromatic rings. The number of rotatable bonds is 6. The number of carbonyl (C=O) groups is 1. The maximum atomic E-state index is 12.7. The molecule has 0 saturated carbocycles. The van der Waals surface area contributed by atoms with Gasteiger partial charge in [-0.1, -0.05) is 6.07 Å². The fraction of sp³-hybridized carbons (Fsp3) is 0.167. The lowest BCUT2D eigenvalue weighted by molar-refractivity contribution is 0.102. The molecule has 4 rings (SSSR count). The highest BCUT2D eigenvalue weighted by molar-refractivity contribution is 7.92. The van der Waals surface area contributed by atoms with Crippen molar-refractivity contribution in [2.45, 2.75) is 32.6 Å². The smallest absolute Gasteiger partial charge is 0.273 e. The Kier molecular flexibility index (Phi) is 6.27. The van der Waals surface area contributed by atoms with Crippen LogP contribution >= 0.6 is 0 Å². The van der Waals surface area contributed by atoms with Crippen molar-refractivity contribution in [3.05, 3.63) is 76.9 Å². The summed E-state index contributed by atoms with van der Waals surface area (Å²) in [6.45, 7) is 7.16. The van der Waals surface area contributed by atoms with Crippen molar-refractivity contribution in [2.24, 2.45) is 0 Å². The topological polar surface area (TPSA) is 150 Å². The van der Waals surface area contributed by atoms with Gasteiger partial charge >= 0.3 is 0 Å². The van der Waals surface area contributed by atoms with Crippen LogP contribution in [0.5, 0.6) is 5.75 Å². The van der Waals surface area contributed by atoms with Crippen molar-refractivity contribution in [3.8, 4) is 17.0 Å². The minimum atomic E-state index is -3.88. The Morgan fingerprint density at radius 1 is 0.971 bits per heavy atom. The van der Waals surface area contributed by atoms with Gasteiger partial charge in [-0.15, -0.1) is 0 Å². The van der Waals surface area contributed by atoms with Gasteiger partial charge in [-0.2, -0.15) is 5.10 Å². The standard InChI is InChI=1S/C24H24N6O4S/c1-13-9-14(2)23(21(31)10-13)19-12-20(29-28-19)24(32)27-17-5-7-18(8-6-17)35(33,34)30-22-11-15(3)25-16(4)26-22/h5-12,31H,1-4H3,(H,27,32)(H,28,29)(H,25,26,30). The van der Waals surface area contributed by atoms with E-state index in [0.29, 0.717) is 28.5 Å². The van der Waals surface area contributed by atoms with Crippen molar-refractivity contribution < 1.29 is 18.3 Å². The molecular weight excluding hydrogens is 468 g/mol. The van der Waals surface area contributed by atoms with Crippen LogP contribution in [0.1, 0.15) is 33.1 Å². The molecule has 180 valence electrons. The number of aromatic amines is 1. The van der Waals surface area contributed by atoms with Crippen molar-refractivity contribution in [2.75, 3.05) is 10.0 Å². The van der Waals surface area contributed by atoms with E-state index < -0.39 is 15.9 Å². The maximum absolute atomic E-state index is 12.7. The number of phenols is 1. The summed E-state index contributed by atoms with van der Waals surface area (Å²) in [5.74, 6) is 0.250. The van der Waals surface area contributed by atoms with Crippen LogP contribution in [0.15, 0.2) is 53.4 Å². The third-order valence-corrected chi connectivity index (χ3v) is 6.54. The molecule has 2 aromatic carbocycles. The molecule has 0 unspecified atom stereocenters. The second-order valence-corrected chi connectivity index (χ2v) is 9.85. The average Bonchev–Trinajstić information content (AvgIpc) is 3.22. The van der Waals surface area contributed by atoms with Crippen LogP contribution in [0.3, 0.4) is 0 Å². The first-order valence-corrected chi connectivity index (χ1v) is 12.1. The highest BCUT2D eigenvalue weighted by atomic mass is 32.2. The van der Waals surface area contributed by atoms with Crippen molar-refractivity contribution in [1.82, 2.24) is 20.2 Å². The lowest BCUT2D eigenvalue weighted by Gasteiger charge is -2.09. The van der Waals surface area contributed by atoms with Gasteiger partial charge < -0.3 is 10.4 Å². The van der Waals surface area contributed by atoms with E-state index in [1.54, 1.807) is 26.0 Å². The zero-order valence-electron chi connectivity index (χ0n) is 19.5. The van der Waals surface area contributed by atoms with Crippen molar-refractivity contribution >= 4 is 27.4 Å². The third-order valence-electron chi connectivity index (χ3n) is 5.17. The molecule has 0 radical (unpaired) electrons. The summed E-state index contributed by atoms with van der Waals surface area (Å²) in [6, 6.07) is 12.4. The van der Waals surface area contributed by atoms with Crippen LogP contribution in [-0.4, -0.2) is 39.6 Å². The molecular formula is C24H24N6O4S. The number of aromatic nitrogens is 4. The summed E-state index contributed by atoms with van der Waals surface area (Å²) >= 11 is 0. The lowest BCUT2D eigenvalue weighted by atomic mass is 10.0. The van der Waals surface area contributed by atoms with Gasteiger partial charge in [0.05, 0.1) is 10.6 Å². The molecule has 2 aromatic heterocycles. The summed E-state index contributed by atoms with van der Waals surface area (Å²) in [5.41, 5.74) is 3.96. The monoisotopic (exact) mass is 492 g/mol. The molecule has 10 nitrogen and oxygen atoms in total. The summed E-state index contributed by atoms with van der Waals surface area (Å²) < 4.78 is 27.8. The summed E-state index contributed by atoms with van der Waals surface area (Å²) in [7, 11) is -3.88. The molecule has 0 atom stereocenters. The first-order chi connectivity index (χ1) is 16.5. The zero-order valence-corrected chi connectivity index (χ0v) is 20.4. The normalized spacial score (nSPS) is 11.3. The number of hydrogen-bond donors (Lipinski definition) is 4. The summed E-state index contributed by atoms with van der Waals surface area (Å²) in [6.07, 6.45) is 0. The van der Waals surface area contributed by atoms with E-state index >= 15 is 0 Å². The Balaban J connectivity index is 1.48. The molecule has 0 spiro atoms. The van der Waals surface area contributed by atoms with Gasteiger partial charge in [0.1, 0.15) is 23.1 Å². The first kappa shape index (κ1) is 23.9. The van der Waals surface area contributed by atoms with Crippen molar-refractivity contribution in [1.29, 1.82) is 0 Å². The van der Waals surface area contributed by atoms with Crippen LogP contribution in [0.2, 0.25) is 0 Å². The van der Waals surface area contributed by atoms with Gasteiger partial charge in [-0.25, -0.2) is 18.4 Å².